The van der Waals surface area contributed by atoms with Crippen molar-refractivity contribution in [1.82, 2.24) is 0 Å². The molecule has 1 atom stereocenters. The van der Waals surface area contributed by atoms with Crippen molar-refractivity contribution in [3.63, 3.8) is 0 Å². The van der Waals surface area contributed by atoms with Gasteiger partial charge in [0.05, 0.1) is 0 Å². The number of ether oxygens (including phenoxy) is 1. The Morgan fingerprint density at radius 3 is 3.11 bits per heavy atom. The molecule has 0 aromatic heterocycles. The van der Waals surface area contributed by atoms with Gasteiger partial charge in [0.15, 0.2) is 6.29 Å². The minimum absolute atomic E-state index is 0.111. The van der Waals surface area contributed by atoms with Gasteiger partial charge in [-0.3, -0.25) is 4.18 Å². The third kappa shape index (κ3) is 2.01. The molecule has 0 aliphatic carbocycles. The zero-order valence-corrected chi connectivity index (χ0v) is 6.40. The maximum atomic E-state index is 5.15. The second-order valence-corrected chi connectivity index (χ2v) is 2.78. The van der Waals surface area contributed by atoms with Crippen molar-refractivity contribution < 1.29 is 8.92 Å². The van der Waals surface area contributed by atoms with Gasteiger partial charge in [-0.2, -0.15) is 0 Å². The summed E-state index contributed by atoms with van der Waals surface area (Å²) in [5, 5.41) is 0. The Balaban J connectivity index is 2.29. The van der Waals surface area contributed by atoms with Gasteiger partial charge >= 0.3 is 0 Å². The molecule has 1 heterocycles. The van der Waals surface area contributed by atoms with Crippen molar-refractivity contribution in [1.29, 1.82) is 0 Å². The van der Waals surface area contributed by atoms with Gasteiger partial charge in [0.25, 0.3) is 0 Å². The van der Waals surface area contributed by atoms with E-state index in [4.69, 9.17) is 8.92 Å². The maximum absolute atomic E-state index is 5.15. The van der Waals surface area contributed by atoms with E-state index in [1.54, 1.807) is 0 Å². The Morgan fingerprint density at radius 1 is 1.89 bits per heavy atom. The van der Waals surface area contributed by atoms with Crippen LogP contribution in [-0.2, 0) is 8.92 Å². The Bertz CT molecular complexity index is 122. The van der Waals surface area contributed by atoms with Crippen LogP contribution in [0.5, 0.6) is 0 Å². The van der Waals surface area contributed by atoms with Crippen molar-refractivity contribution in [3.8, 4) is 0 Å². The summed E-state index contributed by atoms with van der Waals surface area (Å²) in [6, 6.07) is 0. The van der Waals surface area contributed by atoms with E-state index < -0.39 is 0 Å². The summed E-state index contributed by atoms with van der Waals surface area (Å²) in [4.78, 5) is 1.17. The molecule has 0 aromatic carbocycles. The summed E-state index contributed by atoms with van der Waals surface area (Å²) in [6.45, 7) is 4.66. The van der Waals surface area contributed by atoms with E-state index in [0.717, 1.165) is 0 Å². The summed E-state index contributed by atoms with van der Waals surface area (Å²) in [5.74, 6) is 0. The summed E-state index contributed by atoms with van der Waals surface area (Å²) in [6.07, 6.45) is 1.86. The predicted molar refractivity (Wildman–Crippen MR) is 37.8 cm³/mol. The molecule has 0 saturated carbocycles. The largest absolute Gasteiger partial charge is 0.348 e. The molecular formula is C6H10O2S. The average Bonchev–Trinajstić information content (AvgIpc) is 2.17. The third-order valence-corrected chi connectivity index (χ3v) is 1.66. The van der Waals surface area contributed by atoms with E-state index in [-0.39, 0.29) is 6.29 Å². The first kappa shape index (κ1) is 7.12. The SMILES string of the molecule is CCOC1C=C(C)SO1. The lowest BCUT2D eigenvalue weighted by Gasteiger charge is -2.04. The summed E-state index contributed by atoms with van der Waals surface area (Å²) < 4.78 is 10.3. The van der Waals surface area contributed by atoms with Crippen LogP contribution in [0.25, 0.3) is 0 Å². The molecule has 1 unspecified atom stereocenters. The van der Waals surface area contributed by atoms with Crippen LogP contribution >= 0.6 is 12.0 Å². The molecule has 0 aromatic rings. The van der Waals surface area contributed by atoms with Crippen LogP contribution in [-0.4, -0.2) is 12.9 Å². The molecule has 1 rings (SSSR count). The number of allylic oxidation sites excluding steroid dienone is 1. The van der Waals surface area contributed by atoms with E-state index >= 15 is 0 Å². The molecule has 1 aliphatic rings. The fourth-order valence-electron chi connectivity index (χ4n) is 0.611. The molecule has 9 heavy (non-hydrogen) atoms. The average molecular weight is 146 g/mol. The molecule has 0 N–H and O–H groups in total. The van der Waals surface area contributed by atoms with Crippen molar-refractivity contribution >= 4 is 12.0 Å². The van der Waals surface area contributed by atoms with Crippen molar-refractivity contribution in [2.45, 2.75) is 20.1 Å². The highest BCUT2D eigenvalue weighted by molar-refractivity contribution is 7.98. The van der Waals surface area contributed by atoms with Crippen molar-refractivity contribution in [2.75, 3.05) is 6.61 Å². The summed E-state index contributed by atoms with van der Waals surface area (Å²) in [5.41, 5.74) is 0. The zero-order valence-electron chi connectivity index (χ0n) is 5.59. The van der Waals surface area contributed by atoms with Crippen LogP contribution in [0.2, 0.25) is 0 Å². The van der Waals surface area contributed by atoms with Gasteiger partial charge in [-0.1, -0.05) is 0 Å². The topological polar surface area (TPSA) is 18.5 Å². The highest BCUT2D eigenvalue weighted by atomic mass is 32.2. The quantitative estimate of drug-likeness (QED) is 0.554. The van der Waals surface area contributed by atoms with Crippen LogP contribution in [0, 0.1) is 0 Å². The third-order valence-electron chi connectivity index (χ3n) is 0.976. The molecule has 0 saturated heterocycles. The summed E-state index contributed by atoms with van der Waals surface area (Å²) in [7, 11) is 0. The lowest BCUT2D eigenvalue weighted by atomic mass is 10.5. The molecular weight excluding hydrogens is 136 g/mol. The van der Waals surface area contributed by atoms with Crippen LogP contribution in [0.15, 0.2) is 11.0 Å². The van der Waals surface area contributed by atoms with Gasteiger partial charge < -0.3 is 4.74 Å². The van der Waals surface area contributed by atoms with Gasteiger partial charge in [-0.25, -0.2) is 0 Å². The van der Waals surface area contributed by atoms with Gasteiger partial charge in [-0.15, -0.1) is 0 Å². The minimum atomic E-state index is -0.111. The van der Waals surface area contributed by atoms with E-state index in [2.05, 4.69) is 0 Å². The molecule has 0 fully saturated rings. The second kappa shape index (κ2) is 3.25. The Hall–Kier alpha value is 0.01000. The number of rotatable bonds is 2. The Kier molecular flexibility index (Phi) is 2.57. The molecule has 0 amide bonds. The van der Waals surface area contributed by atoms with Crippen LogP contribution in [0.1, 0.15) is 13.8 Å². The highest BCUT2D eigenvalue weighted by Gasteiger charge is 2.13. The first-order chi connectivity index (χ1) is 4.33. The molecule has 52 valence electrons. The number of hydrogen-bond acceptors (Lipinski definition) is 3. The summed E-state index contributed by atoms with van der Waals surface area (Å²) >= 11 is 1.38. The smallest absolute Gasteiger partial charge is 0.191 e. The fraction of sp³-hybridized carbons (Fsp3) is 0.667. The number of hydrogen-bond donors (Lipinski definition) is 0. The van der Waals surface area contributed by atoms with E-state index in [9.17, 15) is 0 Å². The lowest BCUT2D eigenvalue weighted by molar-refractivity contribution is -0.0237. The van der Waals surface area contributed by atoms with Crippen LogP contribution < -0.4 is 0 Å². The van der Waals surface area contributed by atoms with Crippen molar-refractivity contribution in [2.24, 2.45) is 0 Å². The normalized spacial score (nSPS) is 26.4. The fourth-order valence-corrected chi connectivity index (χ4v) is 1.14. The Morgan fingerprint density at radius 2 is 2.67 bits per heavy atom. The molecule has 1 aliphatic heterocycles. The van der Waals surface area contributed by atoms with Crippen LogP contribution in [0.3, 0.4) is 0 Å². The molecule has 2 nitrogen and oxygen atoms in total. The van der Waals surface area contributed by atoms with E-state index in [1.165, 1.54) is 16.9 Å². The standard InChI is InChI=1S/C6H10O2S/c1-3-7-6-4-5(2)9-8-6/h4,6H,3H2,1-2H3. The second-order valence-electron chi connectivity index (χ2n) is 1.78. The maximum Gasteiger partial charge on any atom is 0.191 e. The predicted octanol–water partition coefficient (Wildman–Crippen LogP) is 1.93. The minimum Gasteiger partial charge on any atom is -0.348 e. The van der Waals surface area contributed by atoms with Crippen molar-refractivity contribution in [3.05, 3.63) is 11.0 Å². The zero-order chi connectivity index (χ0) is 6.69. The first-order valence-electron chi connectivity index (χ1n) is 2.96. The monoisotopic (exact) mass is 146 g/mol. The molecule has 0 spiro atoms. The van der Waals surface area contributed by atoms with Gasteiger partial charge in [0.1, 0.15) is 0 Å². The molecule has 3 heteroatoms. The van der Waals surface area contributed by atoms with E-state index in [1.807, 2.05) is 19.9 Å². The van der Waals surface area contributed by atoms with Gasteiger partial charge in [-0.05, 0) is 19.9 Å². The molecule has 0 bridgehead atoms. The van der Waals surface area contributed by atoms with Gasteiger partial charge in [0.2, 0.25) is 0 Å². The Labute approximate surface area is 59.4 Å². The van der Waals surface area contributed by atoms with Crippen LogP contribution in [0.4, 0.5) is 0 Å². The molecule has 0 radical (unpaired) electrons. The van der Waals surface area contributed by atoms with E-state index in [0.29, 0.717) is 6.61 Å². The first-order valence-corrected chi connectivity index (χ1v) is 3.70. The van der Waals surface area contributed by atoms with Gasteiger partial charge in [0, 0.05) is 23.6 Å². The lowest BCUT2D eigenvalue weighted by Crippen LogP contribution is -2.06. The highest BCUT2D eigenvalue weighted by Crippen LogP contribution is 2.27.